The molecule has 50 valence electrons. The predicted octanol–water partition coefficient (Wildman–Crippen LogP) is 1.97. The van der Waals surface area contributed by atoms with Crippen LogP contribution in [-0.2, 0) is 9.09 Å². The van der Waals surface area contributed by atoms with E-state index in [1.54, 1.807) is 6.08 Å². The molecule has 0 spiro atoms. The van der Waals surface area contributed by atoms with E-state index < -0.39 is 8.69 Å². The van der Waals surface area contributed by atoms with Crippen LogP contribution in [0.25, 0.3) is 0 Å². The third-order valence-electron chi connectivity index (χ3n) is 0.260. The first-order valence-corrected chi connectivity index (χ1v) is 2.33. The summed E-state index contributed by atoms with van der Waals surface area (Å²) in [5.74, 6) is 0. The van der Waals surface area contributed by atoms with Gasteiger partial charge in [0.2, 0.25) is 0 Å². The lowest BCUT2D eigenvalue weighted by molar-refractivity contribution is 0.387. The molecular weight excluding hydrogens is 170 g/mol. The smallest absolute Gasteiger partial charge is 0.147 e. The van der Waals surface area contributed by atoms with Gasteiger partial charge in [0.1, 0.15) is 6.61 Å². The monoisotopic (exact) mass is 177 g/mol. The fourth-order valence-corrected chi connectivity index (χ4v) is 0.279. The zero-order valence-electron chi connectivity index (χ0n) is 4.12. The number of halogens is 2. The Morgan fingerprint density at radius 1 is 1.62 bits per heavy atom. The van der Waals surface area contributed by atoms with Crippen molar-refractivity contribution in [3.8, 4) is 0 Å². The van der Waals surface area contributed by atoms with Crippen LogP contribution < -0.4 is 0 Å². The third-order valence-corrected chi connectivity index (χ3v) is 0.545. The summed E-state index contributed by atoms with van der Waals surface area (Å²) in [5, 5.41) is 0. The van der Waals surface area contributed by atoms with Crippen LogP contribution in [0.1, 0.15) is 0 Å². The second kappa shape index (κ2) is 15.7. The van der Waals surface area contributed by atoms with Gasteiger partial charge in [-0.15, -0.1) is 35.9 Å². The molecule has 0 aromatic carbocycles. The summed E-state index contributed by atoms with van der Waals surface area (Å²) in [6, 6.07) is 0. The molecule has 0 N–H and O–H groups in total. The van der Waals surface area contributed by atoms with Crippen LogP contribution in [-0.4, -0.2) is 6.61 Å². The molecule has 0 saturated carbocycles. The van der Waals surface area contributed by atoms with E-state index in [2.05, 4.69) is 11.1 Å². The van der Waals surface area contributed by atoms with E-state index >= 15 is 0 Å². The van der Waals surface area contributed by atoms with Crippen LogP contribution in [0.15, 0.2) is 12.7 Å². The van der Waals surface area contributed by atoms with E-state index in [1.165, 1.54) is 0 Å². The van der Waals surface area contributed by atoms with E-state index in [0.717, 1.165) is 0 Å². The van der Waals surface area contributed by atoms with Crippen molar-refractivity contribution in [3.05, 3.63) is 12.7 Å². The molecule has 0 radical (unpaired) electrons. The van der Waals surface area contributed by atoms with E-state index in [-0.39, 0.29) is 24.8 Å². The second-order valence-corrected chi connectivity index (χ2v) is 1.14. The topological polar surface area (TPSA) is 26.3 Å². The van der Waals surface area contributed by atoms with Crippen molar-refractivity contribution in [1.82, 2.24) is 0 Å². The molecule has 0 bridgehead atoms. The highest BCUT2D eigenvalue weighted by molar-refractivity contribution is 7.17. The van der Waals surface area contributed by atoms with Gasteiger partial charge in [-0.05, 0) is 4.57 Å². The van der Waals surface area contributed by atoms with Gasteiger partial charge in [0.05, 0.1) is 0 Å². The normalized spacial score (nSPS) is 6.50. The zero-order chi connectivity index (χ0) is 4.83. The lowest BCUT2D eigenvalue weighted by Gasteiger charge is -1.67. The van der Waals surface area contributed by atoms with Gasteiger partial charge in [0.25, 0.3) is 0 Å². The Morgan fingerprint density at radius 2 is 2.12 bits per heavy atom. The zero-order valence-corrected chi connectivity index (χ0v) is 6.76. The molecule has 0 heterocycles. The molecule has 1 atom stereocenters. The molecule has 8 heavy (non-hydrogen) atoms. The van der Waals surface area contributed by atoms with Crippen molar-refractivity contribution in [2.24, 2.45) is 0 Å². The fourth-order valence-electron chi connectivity index (χ4n) is 0.0929. The average Bonchev–Trinajstić information content (AvgIpc) is 1.61. The molecule has 2 nitrogen and oxygen atoms in total. The Balaban J connectivity index is -0.000000125. The summed E-state index contributed by atoms with van der Waals surface area (Å²) in [7, 11) is -0.657. The molecule has 0 aromatic heterocycles. The lowest BCUT2D eigenvalue weighted by Crippen LogP contribution is -1.69. The van der Waals surface area contributed by atoms with Crippen molar-refractivity contribution in [2.45, 2.75) is 0 Å². The van der Waals surface area contributed by atoms with E-state index in [9.17, 15) is 4.57 Å². The van der Waals surface area contributed by atoms with Gasteiger partial charge in [-0.1, -0.05) is 6.08 Å². The minimum atomic E-state index is -0.657. The number of rotatable bonds is 3. The van der Waals surface area contributed by atoms with Crippen LogP contribution in [0.3, 0.4) is 0 Å². The summed E-state index contributed by atoms with van der Waals surface area (Å²) >= 11 is 0. The Morgan fingerprint density at radius 3 is 2.25 bits per heavy atom. The largest absolute Gasteiger partial charge is 0.494 e. The van der Waals surface area contributed by atoms with Gasteiger partial charge >= 0.3 is 8.69 Å². The van der Waals surface area contributed by atoms with E-state index in [4.69, 9.17) is 0 Å². The fraction of sp³-hybridized carbons (Fsp3) is 0.333. The van der Waals surface area contributed by atoms with Crippen molar-refractivity contribution < 1.29 is 9.09 Å². The first-order valence-electron chi connectivity index (χ1n) is 1.51. The second-order valence-electron chi connectivity index (χ2n) is 0.683. The molecule has 5 heteroatoms. The van der Waals surface area contributed by atoms with E-state index in [0.29, 0.717) is 6.61 Å². The van der Waals surface area contributed by atoms with Gasteiger partial charge in [0, 0.05) is 0 Å². The SMILES string of the molecule is C=CCO[PH+]=O.Cl.Cl. The van der Waals surface area contributed by atoms with Gasteiger partial charge in [-0.25, -0.2) is 0 Å². The number of hydrogen-bond acceptors (Lipinski definition) is 2. The summed E-state index contributed by atoms with van der Waals surface area (Å²) < 4.78 is 13.8. The van der Waals surface area contributed by atoms with Crippen molar-refractivity contribution in [3.63, 3.8) is 0 Å². The van der Waals surface area contributed by atoms with Crippen LogP contribution in [0.4, 0.5) is 0 Å². The third kappa shape index (κ3) is 16.2. The van der Waals surface area contributed by atoms with Gasteiger partial charge in [0.15, 0.2) is 0 Å². The highest BCUT2D eigenvalue weighted by Gasteiger charge is 1.79. The van der Waals surface area contributed by atoms with Crippen molar-refractivity contribution in [1.29, 1.82) is 0 Å². The molecular formula is C3H8Cl2O2P+. The molecule has 0 saturated heterocycles. The molecule has 1 unspecified atom stereocenters. The Labute approximate surface area is 62.4 Å². The predicted molar refractivity (Wildman–Crippen MR) is 39.6 cm³/mol. The minimum absolute atomic E-state index is 0. The Kier molecular flexibility index (Phi) is 30.9. The molecule has 0 aliphatic heterocycles. The first-order chi connectivity index (χ1) is 2.91. The maximum absolute atomic E-state index is 9.45. The standard InChI is InChI=1S/C3H6O2P.2ClH/c1-2-3-5-6-4;;/h2,6H,1,3H2;2*1H/q+1;;. The van der Waals surface area contributed by atoms with Crippen molar-refractivity contribution in [2.75, 3.05) is 6.61 Å². The summed E-state index contributed by atoms with van der Waals surface area (Å²) in [6.45, 7) is 3.72. The Bertz CT molecular complexity index is 51.2. The number of hydrogen-bond donors (Lipinski definition) is 0. The van der Waals surface area contributed by atoms with Crippen molar-refractivity contribution >= 4 is 33.5 Å². The van der Waals surface area contributed by atoms with E-state index in [1.807, 2.05) is 0 Å². The maximum Gasteiger partial charge on any atom is 0.494 e. The molecule has 0 amide bonds. The van der Waals surface area contributed by atoms with Gasteiger partial charge < -0.3 is 0 Å². The average molecular weight is 178 g/mol. The summed E-state index contributed by atoms with van der Waals surface area (Å²) in [5.41, 5.74) is 0. The summed E-state index contributed by atoms with van der Waals surface area (Å²) in [6.07, 6.45) is 1.55. The van der Waals surface area contributed by atoms with Crippen LogP contribution >= 0.6 is 33.5 Å². The lowest BCUT2D eigenvalue weighted by atomic mass is 10.7. The first kappa shape index (κ1) is 15.8. The van der Waals surface area contributed by atoms with Gasteiger partial charge in [-0.3, -0.25) is 0 Å². The van der Waals surface area contributed by atoms with Crippen LogP contribution in [0.5, 0.6) is 0 Å². The summed E-state index contributed by atoms with van der Waals surface area (Å²) in [4.78, 5) is 0. The minimum Gasteiger partial charge on any atom is -0.147 e. The Hall–Kier alpha value is 0.380. The molecule has 0 fully saturated rings. The molecule has 0 aliphatic carbocycles. The van der Waals surface area contributed by atoms with Crippen LogP contribution in [0, 0.1) is 0 Å². The highest BCUT2D eigenvalue weighted by Crippen LogP contribution is 1.90. The molecule has 0 aliphatic rings. The maximum atomic E-state index is 9.45. The van der Waals surface area contributed by atoms with Gasteiger partial charge in [-0.2, -0.15) is 0 Å². The quantitative estimate of drug-likeness (QED) is 0.375. The molecule has 0 rings (SSSR count). The highest BCUT2D eigenvalue weighted by atomic mass is 35.5. The molecule has 0 aromatic rings. The van der Waals surface area contributed by atoms with Crippen LogP contribution in [0.2, 0.25) is 0 Å².